The minimum Gasteiger partial charge on any atom is -0.480 e. The molecule has 114 valence electrons. The highest BCUT2D eigenvalue weighted by molar-refractivity contribution is 5.82. The number of aryl methyl sites for hydroxylation is 1. The van der Waals surface area contributed by atoms with Crippen molar-refractivity contribution in [2.75, 3.05) is 5.32 Å². The van der Waals surface area contributed by atoms with Gasteiger partial charge in [-0.15, -0.1) is 0 Å². The fourth-order valence-electron chi connectivity index (χ4n) is 2.97. The van der Waals surface area contributed by atoms with Crippen LogP contribution >= 0.6 is 0 Å². The van der Waals surface area contributed by atoms with E-state index in [0.717, 1.165) is 12.8 Å². The summed E-state index contributed by atoms with van der Waals surface area (Å²) in [6.45, 7) is 3.65. The molecule has 1 saturated carbocycles. The SMILES string of the molecule is Cc1cc(NC2(C(=O)O)CCCC(C)C2)ncc1[N+](=O)[O-]. The third-order valence-corrected chi connectivity index (χ3v) is 4.05. The number of aromatic nitrogens is 1. The molecule has 0 aromatic carbocycles. The van der Waals surface area contributed by atoms with Gasteiger partial charge in [-0.25, -0.2) is 9.78 Å². The number of carboxylic acids is 1. The van der Waals surface area contributed by atoms with E-state index >= 15 is 0 Å². The molecule has 0 saturated heterocycles. The van der Waals surface area contributed by atoms with Crippen LogP contribution in [0.1, 0.15) is 38.2 Å². The van der Waals surface area contributed by atoms with Gasteiger partial charge in [0.2, 0.25) is 0 Å². The number of rotatable bonds is 4. The Hall–Kier alpha value is -2.18. The van der Waals surface area contributed by atoms with E-state index in [1.54, 1.807) is 6.92 Å². The summed E-state index contributed by atoms with van der Waals surface area (Å²) >= 11 is 0. The summed E-state index contributed by atoms with van der Waals surface area (Å²) in [5.41, 5.74) is -0.642. The molecule has 1 aromatic rings. The zero-order valence-corrected chi connectivity index (χ0v) is 12.1. The summed E-state index contributed by atoms with van der Waals surface area (Å²) in [5, 5.41) is 23.4. The summed E-state index contributed by atoms with van der Waals surface area (Å²) in [4.78, 5) is 26.0. The monoisotopic (exact) mass is 293 g/mol. The molecule has 2 rings (SSSR count). The molecule has 7 nitrogen and oxygen atoms in total. The molecule has 1 aromatic heterocycles. The maximum Gasteiger partial charge on any atom is 0.329 e. The lowest BCUT2D eigenvalue weighted by Crippen LogP contribution is -2.49. The van der Waals surface area contributed by atoms with Crippen molar-refractivity contribution >= 4 is 17.5 Å². The molecule has 21 heavy (non-hydrogen) atoms. The fraction of sp³-hybridized carbons (Fsp3) is 0.571. The van der Waals surface area contributed by atoms with Crippen LogP contribution in [-0.2, 0) is 4.79 Å². The van der Waals surface area contributed by atoms with Gasteiger partial charge in [0.15, 0.2) is 0 Å². The Morgan fingerprint density at radius 1 is 1.62 bits per heavy atom. The second-order valence-electron chi connectivity index (χ2n) is 5.83. The van der Waals surface area contributed by atoms with Gasteiger partial charge in [-0.2, -0.15) is 0 Å². The van der Waals surface area contributed by atoms with Crippen LogP contribution in [0.25, 0.3) is 0 Å². The van der Waals surface area contributed by atoms with Gasteiger partial charge in [0.25, 0.3) is 5.69 Å². The summed E-state index contributed by atoms with van der Waals surface area (Å²) in [5.74, 6) is -0.206. The van der Waals surface area contributed by atoms with E-state index in [4.69, 9.17) is 0 Å². The number of nitrogens with one attached hydrogen (secondary N) is 1. The lowest BCUT2D eigenvalue weighted by atomic mass is 9.76. The standard InChI is InChI=1S/C14H19N3O4/c1-9-4-3-5-14(7-9,13(18)19)16-12-6-10(2)11(8-15-12)17(20)21/h6,8-9H,3-5,7H2,1-2H3,(H,15,16)(H,18,19). The Bertz CT molecular complexity index is 575. The van der Waals surface area contributed by atoms with Crippen LogP contribution in [0.15, 0.2) is 12.3 Å². The highest BCUT2D eigenvalue weighted by Crippen LogP contribution is 2.35. The van der Waals surface area contributed by atoms with E-state index in [-0.39, 0.29) is 5.69 Å². The first kappa shape index (κ1) is 15.2. The van der Waals surface area contributed by atoms with Gasteiger partial charge < -0.3 is 10.4 Å². The number of nitrogens with zero attached hydrogens (tertiary/aromatic N) is 2. The minimum atomic E-state index is -1.03. The zero-order chi connectivity index (χ0) is 15.6. The van der Waals surface area contributed by atoms with Crippen molar-refractivity contribution in [3.05, 3.63) is 27.9 Å². The molecule has 1 aliphatic rings. The maximum absolute atomic E-state index is 11.7. The number of hydrogen-bond donors (Lipinski definition) is 2. The Kier molecular flexibility index (Phi) is 4.11. The normalized spacial score (nSPS) is 25.3. The van der Waals surface area contributed by atoms with Crippen molar-refractivity contribution in [3.63, 3.8) is 0 Å². The smallest absolute Gasteiger partial charge is 0.329 e. The van der Waals surface area contributed by atoms with E-state index in [1.807, 2.05) is 6.92 Å². The van der Waals surface area contributed by atoms with Crippen molar-refractivity contribution in [3.8, 4) is 0 Å². The van der Waals surface area contributed by atoms with Gasteiger partial charge in [0.1, 0.15) is 17.6 Å². The van der Waals surface area contributed by atoms with Crippen LogP contribution in [0.2, 0.25) is 0 Å². The van der Waals surface area contributed by atoms with Gasteiger partial charge in [0.05, 0.1) is 4.92 Å². The predicted octanol–water partition coefficient (Wildman–Crippen LogP) is 2.74. The molecule has 1 heterocycles. The third kappa shape index (κ3) is 3.12. The van der Waals surface area contributed by atoms with E-state index in [1.165, 1.54) is 12.3 Å². The number of carbonyl (C=O) groups is 1. The number of carboxylic acid groups (broad SMARTS) is 1. The molecular formula is C14H19N3O4. The largest absolute Gasteiger partial charge is 0.480 e. The Morgan fingerprint density at radius 2 is 2.33 bits per heavy atom. The van der Waals surface area contributed by atoms with Crippen LogP contribution in [0.5, 0.6) is 0 Å². The van der Waals surface area contributed by atoms with E-state index in [2.05, 4.69) is 10.3 Å². The van der Waals surface area contributed by atoms with E-state index in [9.17, 15) is 20.0 Å². The maximum atomic E-state index is 11.7. The number of nitro groups is 1. The van der Waals surface area contributed by atoms with Crippen LogP contribution in [0.3, 0.4) is 0 Å². The molecule has 0 radical (unpaired) electrons. The zero-order valence-electron chi connectivity index (χ0n) is 12.1. The summed E-state index contributed by atoms with van der Waals surface area (Å²) in [7, 11) is 0. The highest BCUT2D eigenvalue weighted by atomic mass is 16.6. The van der Waals surface area contributed by atoms with Gasteiger partial charge >= 0.3 is 5.97 Å². The topological polar surface area (TPSA) is 105 Å². The third-order valence-electron chi connectivity index (χ3n) is 4.05. The highest BCUT2D eigenvalue weighted by Gasteiger charge is 2.42. The predicted molar refractivity (Wildman–Crippen MR) is 77.2 cm³/mol. The number of anilines is 1. The van der Waals surface area contributed by atoms with Crippen molar-refractivity contribution in [2.45, 2.75) is 45.1 Å². The van der Waals surface area contributed by atoms with Crippen molar-refractivity contribution in [1.82, 2.24) is 4.98 Å². The minimum absolute atomic E-state index is 0.0677. The lowest BCUT2D eigenvalue weighted by Gasteiger charge is -2.37. The molecule has 2 atom stereocenters. The molecule has 0 amide bonds. The molecule has 0 spiro atoms. The molecule has 1 fully saturated rings. The van der Waals surface area contributed by atoms with Crippen LogP contribution < -0.4 is 5.32 Å². The van der Waals surface area contributed by atoms with Gasteiger partial charge in [-0.05, 0) is 31.7 Å². The van der Waals surface area contributed by atoms with Crippen LogP contribution in [-0.4, -0.2) is 26.5 Å². The molecular weight excluding hydrogens is 274 g/mol. The first-order chi connectivity index (χ1) is 9.84. The molecule has 7 heteroatoms. The second-order valence-corrected chi connectivity index (χ2v) is 5.83. The van der Waals surface area contributed by atoms with Crippen LogP contribution in [0, 0.1) is 23.0 Å². The summed E-state index contributed by atoms with van der Waals surface area (Å²) in [6.07, 6.45) is 4.08. The summed E-state index contributed by atoms with van der Waals surface area (Å²) in [6, 6.07) is 1.53. The fourth-order valence-corrected chi connectivity index (χ4v) is 2.97. The summed E-state index contributed by atoms with van der Waals surface area (Å²) < 4.78 is 0. The average molecular weight is 293 g/mol. The van der Waals surface area contributed by atoms with Gasteiger partial charge in [-0.1, -0.05) is 19.8 Å². The number of aliphatic carboxylic acids is 1. The molecule has 0 bridgehead atoms. The van der Waals surface area contributed by atoms with Crippen molar-refractivity contribution < 1.29 is 14.8 Å². The number of pyridine rings is 1. The van der Waals surface area contributed by atoms with Gasteiger partial charge in [-0.3, -0.25) is 10.1 Å². The van der Waals surface area contributed by atoms with Crippen molar-refractivity contribution in [1.29, 1.82) is 0 Å². The van der Waals surface area contributed by atoms with E-state index < -0.39 is 16.4 Å². The first-order valence-electron chi connectivity index (χ1n) is 6.97. The Labute approximate surface area is 122 Å². The quantitative estimate of drug-likeness (QED) is 0.653. The average Bonchev–Trinajstić information content (AvgIpc) is 2.38. The Balaban J connectivity index is 2.27. The second kappa shape index (κ2) is 5.67. The first-order valence-corrected chi connectivity index (χ1v) is 6.97. The number of hydrogen-bond acceptors (Lipinski definition) is 5. The van der Waals surface area contributed by atoms with Gasteiger partial charge in [0, 0.05) is 5.56 Å². The van der Waals surface area contributed by atoms with E-state index in [0.29, 0.717) is 30.1 Å². The molecule has 0 aliphatic heterocycles. The Morgan fingerprint density at radius 3 is 2.86 bits per heavy atom. The molecule has 1 aliphatic carbocycles. The lowest BCUT2D eigenvalue weighted by molar-refractivity contribution is -0.385. The van der Waals surface area contributed by atoms with Crippen LogP contribution in [0.4, 0.5) is 11.5 Å². The molecule has 2 unspecified atom stereocenters. The van der Waals surface area contributed by atoms with Crippen molar-refractivity contribution in [2.24, 2.45) is 5.92 Å². The molecule has 2 N–H and O–H groups in total.